The third-order valence-corrected chi connectivity index (χ3v) is 13.3. The number of hydrogen-bond acceptors (Lipinski definition) is 4. The predicted molar refractivity (Wildman–Crippen MR) is 279 cm³/mol. The maximum atomic E-state index is 6.67. The summed E-state index contributed by atoms with van der Waals surface area (Å²) in [6, 6.07) is 81.8. The number of nitrogens with zero attached hydrogens (tertiary/aromatic N) is 2. The van der Waals surface area contributed by atoms with Crippen molar-refractivity contribution in [3.63, 3.8) is 0 Å². The summed E-state index contributed by atoms with van der Waals surface area (Å²) in [7, 11) is 0. The zero-order chi connectivity index (χ0) is 44.3. The van der Waals surface area contributed by atoms with Gasteiger partial charge in [0.25, 0.3) is 0 Å². The first-order chi connectivity index (χ1) is 33.2. The van der Waals surface area contributed by atoms with E-state index in [1.807, 2.05) is 6.07 Å². The molecule has 67 heavy (non-hydrogen) atoms. The molecular formula is C63H41N3O. The standard InChI is InChI=1S/C63H41N3O/c1-4-16-40(17-5-1)41-28-34-46(35-29-41)63-65-55(43-18-6-2-7-19-43)39-56(66-63)50-37-36-47(48-22-10-11-23-49(48)50)42-30-32-44(33-31-42)59-60-51-24-12-14-26-54(51)64-62(45-20-8-3-9-21-45)53(60)38-58-61(59)52-25-13-15-27-57(52)67-58/h1-39,63,66H. The van der Waals surface area contributed by atoms with Gasteiger partial charge in [-0.3, -0.25) is 4.99 Å². The van der Waals surface area contributed by atoms with Crippen molar-refractivity contribution in [2.75, 3.05) is 0 Å². The Bertz CT molecular complexity index is 3910. The van der Waals surface area contributed by atoms with Gasteiger partial charge in [0.1, 0.15) is 17.3 Å². The molecule has 0 amide bonds. The molecule has 0 radical (unpaired) electrons. The van der Waals surface area contributed by atoms with Crippen molar-refractivity contribution in [2.45, 2.75) is 6.17 Å². The Kier molecular flexibility index (Phi) is 9.21. The summed E-state index contributed by atoms with van der Waals surface area (Å²) < 4.78 is 6.67. The number of benzene rings is 10. The molecule has 4 heteroatoms. The van der Waals surface area contributed by atoms with Crippen molar-refractivity contribution in [1.82, 2.24) is 10.3 Å². The molecule has 0 bridgehead atoms. The second kappa shape index (κ2) is 16.0. The van der Waals surface area contributed by atoms with Gasteiger partial charge in [-0.1, -0.05) is 212 Å². The number of nitrogens with one attached hydrogen (secondary N) is 1. The number of allylic oxidation sites excluding steroid dienone is 1. The van der Waals surface area contributed by atoms with E-state index in [2.05, 4.69) is 236 Å². The summed E-state index contributed by atoms with van der Waals surface area (Å²) >= 11 is 0. The Morgan fingerprint density at radius 2 is 0.940 bits per heavy atom. The van der Waals surface area contributed by atoms with Crippen molar-refractivity contribution < 1.29 is 4.42 Å². The van der Waals surface area contributed by atoms with Gasteiger partial charge in [-0.05, 0) is 74.0 Å². The van der Waals surface area contributed by atoms with Gasteiger partial charge in [0.15, 0.2) is 0 Å². The lowest BCUT2D eigenvalue weighted by Gasteiger charge is -2.26. The second-order valence-corrected chi connectivity index (χ2v) is 17.2. The minimum Gasteiger partial charge on any atom is -0.456 e. The highest BCUT2D eigenvalue weighted by atomic mass is 16.3. The average Bonchev–Trinajstić information content (AvgIpc) is 3.79. The van der Waals surface area contributed by atoms with Crippen LogP contribution in [0.2, 0.25) is 0 Å². The van der Waals surface area contributed by atoms with Crippen LogP contribution in [0.5, 0.6) is 0 Å². The summed E-state index contributed by atoms with van der Waals surface area (Å²) in [6.45, 7) is 0. The molecular weight excluding hydrogens is 815 g/mol. The molecule has 4 nitrogen and oxygen atoms in total. The quantitative estimate of drug-likeness (QED) is 0.163. The van der Waals surface area contributed by atoms with E-state index in [4.69, 9.17) is 14.4 Å². The molecule has 12 aromatic rings. The molecule has 0 saturated heterocycles. The molecule has 0 fully saturated rings. The smallest absolute Gasteiger partial charge is 0.145 e. The minimum atomic E-state index is -0.268. The van der Waals surface area contributed by atoms with Crippen LogP contribution in [0.15, 0.2) is 246 Å². The van der Waals surface area contributed by atoms with Gasteiger partial charge in [0.2, 0.25) is 0 Å². The second-order valence-electron chi connectivity index (χ2n) is 17.2. The average molecular weight is 856 g/mol. The van der Waals surface area contributed by atoms with Crippen LogP contribution in [0.25, 0.3) is 105 Å². The van der Waals surface area contributed by atoms with Crippen molar-refractivity contribution in [1.29, 1.82) is 0 Å². The minimum absolute atomic E-state index is 0.268. The van der Waals surface area contributed by atoms with Crippen LogP contribution in [0, 0.1) is 0 Å². The number of aliphatic imine (C=N–C) groups is 1. The van der Waals surface area contributed by atoms with Gasteiger partial charge in [0, 0.05) is 49.3 Å². The highest BCUT2D eigenvalue weighted by molar-refractivity contribution is 6.28. The highest BCUT2D eigenvalue weighted by Crippen LogP contribution is 2.47. The fraction of sp³-hybridized carbons (Fsp3) is 0.0159. The van der Waals surface area contributed by atoms with E-state index in [-0.39, 0.29) is 6.17 Å². The largest absolute Gasteiger partial charge is 0.456 e. The van der Waals surface area contributed by atoms with Crippen molar-refractivity contribution in [3.05, 3.63) is 253 Å². The van der Waals surface area contributed by atoms with Gasteiger partial charge in [-0.25, -0.2) is 4.98 Å². The van der Waals surface area contributed by atoms with Crippen molar-refractivity contribution >= 4 is 65.8 Å². The molecule has 0 spiro atoms. The van der Waals surface area contributed by atoms with E-state index in [0.717, 1.165) is 94.3 Å². The van der Waals surface area contributed by atoms with E-state index in [0.29, 0.717) is 0 Å². The van der Waals surface area contributed by atoms with Crippen LogP contribution in [0.4, 0.5) is 0 Å². The zero-order valence-electron chi connectivity index (χ0n) is 36.4. The lowest BCUT2D eigenvalue weighted by Crippen LogP contribution is -2.25. The van der Waals surface area contributed by atoms with Gasteiger partial charge in [0.05, 0.1) is 16.9 Å². The lowest BCUT2D eigenvalue weighted by molar-refractivity contribution is 0.664. The maximum Gasteiger partial charge on any atom is 0.145 e. The molecule has 3 heterocycles. The molecule has 1 atom stereocenters. The summed E-state index contributed by atoms with van der Waals surface area (Å²) in [5.74, 6) is 0. The Hall–Kier alpha value is -8.86. The Balaban J connectivity index is 0.936. The van der Waals surface area contributed by atoms with Crippen molar-refractivity contribution in [2.24, 2.45) is 4.99 Å². The molecule has 314 valence electrons. The Morgan fingerprint density at radius 3 is 1.67 bits per heavy atom. The maximum absolute atomic E-state index is 6.67. The van der Waals surface area contributed by atoms with E-state index < -0.39 is 0 Å². The summed E-state index contributed by atoms with van der Waals surface area (Å²) in [6.07, 6.45) is 1.93. The number of aromatic nitrogens is 1. The molecule has 1 unspecified atom stereocenters. The molecule has 0 saturated carbocycles. The van der Waals surface area contributed by atoms with Crippen LogP contribution in [-0.2, 0) is 0 Å². The Morgan fingerprint density at radius 1 is 0.388 bits per heavy atom. The van der Waals surface area contributed by atoms with E-state index in [9.17, 15) is 0 Å². The fourth-order valence-electron chi connectivity index (χ4n) is 10.1. The normalized spacial score (nSPS) is 13.8. The molecule has 13 rings (SSSR count). The number of fused-ring (bicyclic) bond motifs is 7. The number of para-hydroxylation sites is 2. The SMILES string of the molecule is C1=C(c2ccc(-c3ccc(-c4c5c(cc6c(-c7ccccc7)nc7ccccc7c46)oc4ccccc45)cc3)c3ccccc23)NC(c2ccc(-c3ccccc3)cc2)N=C1c1ccccc1. The number of hydrogen-bond donors (Lipinski definition) is 1. The molecule has 0 aliphatic carbocycles. The zero-order valence-corrected chi connectivity index (χ0v) is 36.4. The monoisotopic (exact) mass is 855 g/mol. The number of furan rings is 1. The van der Waals surface area contributed by atoms with Crippen LogP contribution >= 0.6 is 0 Å². The van der Waals surface area contributed by atoms with Gasteiger partial charge >= 0.3 is 0 Å². The summed E-state index contributed by atoms with van der Waals surface area (Å²) in [5.41, 5.74) is 17.0. The van der Waals surface area contributed by atoms with Crippen LogP contribution in [0.1, 0.15) is 22.9 Å². The number of pyridine rings is 1. The number of rotatable bonds is 7. The van der Waals surface area contributed by atoms with Crippen LogP contribution in [0.3, 0.4) is 0 Å². The molecule has 1 aliphatic heterocycles. The van der Waals surface area contributed by atoms with E-state index >= 15 is 0 Å². The van der Waals surface area contributed by atoms with E-state index in [1.165, 1.54) is 32.8 Å². The molecule has 1 aliphatic rings. The predicted octanol–water partition coefficient (Wildman–Crippen LogP) is 16.2. The topological polar surface area (TPSA) is 50.4 Å². The highest BCUT2D eigenvalue weighted by Gasteiger charge is 2.24. The molecule has 1 N–H and O–H groups in total. The first-order valence-corrected chi connectivity index (χ1v) is 22.8. The van der Waals surface area contributed by atoms with Crippen LogP contribution in [-0.4, -0.2) is 10.7 Å². The van der Waals surface area contributed by atoms with Gasteiger partial charge < -0.3 is 9.73 Å². The third-order valence-electron chi connectivity index (χ3n) is 13.3. The lowest BCUT2D eigenvalue weighted by atomic mass is 9.88. The fourth-order valence-corrected chi connectivity index (χ4v) is 10.1. The summed E-state index contributed by atoms with van der Waals surface area (Å²) in [4.78, 5) is 10.6. The summed E-state index contributed by atoms with van der Waals surface area (Å²) in [5, 5.41) is 11.8. The first-order valence-electron chi connectivity index (χ1n) is 22.8. The third kappa shape index (κ3) is 6.69. The van der Waals surface area contributed by atoms with Crippen LogP contribution < -0.4 is 5.32 Å². The molecule has 2 aromatic heterocycles. The van der Waals surface area contributed by atoms with Gasteiger partial charge in [-0.15, -0.1) is 0 Å². The molecule has 10 aromatic carbocycles. The Labute approximate surface area is 387 Å². The first kappa shape index (κ1) is 38.6. The van der Waals surface area contributed by atoms with E-state index in [1.54, 1.807) is 0 Å². The van der Waals surface area contributed by atoms with Crippen molar-refractivity contribution in [3.8, 4) is 44.6 Å². The van der Waals surface area contributed by atoms with Gasteiger partial charge in [-0.2, -0.15) is 0 Å².